The summed E-state index contributed by atoms with van der Waals surface area (Å²) in [5.41, 5.74) is -1.21. The molecule has 188 valence electrons. The van der Waals surface area contributed by atoms with Gasteiger partial charge >= 0.3 is 203 Å². The van der Waals surface area contributed by atoms with E-state index in [1.54, 1.807) is 4.90 Å². The molecule has 0 aromatic rings. The van der Waals surface area contributed by atoms with Crippen LogP contribution in [0.5, 0.6) is 0 Å². The average molecular weight is 560 g/mol. The number of carbonyl (C=O) groups excluding carboxylic acids is 1. The second-order valence-electron chi connectivity index (χ2n) is 10.9. The normalized spacial score (nSPS) is 19.1. The maximum atomic E-state index is 12.8. The van der Waals surface area contributed by atoms with Crippen LogP contribution < -0.4 is 0 Å². The van der Waals surface area contributed by atoms with Gasteiger partial charge in [-0.2, -0.15) is 0 Å². The van der Waals surface area contributed by atoms with Crippen LogP contribution in [0.4, 0.5) is 4.79 Å². The van der Waals surface area contributed by atoms with Crippen LogP contribution in [0.3, 0.4) is 0 Å². The van der Waals surface area contributed by atoms with E-state index in [0.29, 0.717) is 13.2 Å². The van der Waals surface area contributed by atoms with Crippen LogP contribution in [0.15, 0.2) is 12.2 Å². The first-order valence-corrected chi connectivity index (χ1v) is 21.0. The summed E-state index contributed by atoms with van der Waals surface area (Å²) in [6.45, 7) is 17.5. The van der Waals surface area contributed by atoms with E-state index in [9.17, 15) is 4.79 Å². The van der Waals surface area contributed by atoms with Gasteiger partial charge in [0.2, 0.25) is 0 Å². The van der Waals surface area contributed by atoms with Gasteiger partial charge in [-0.05, 0) is 0 Å². The van der Waals surface area contributed by atoms with Crippen LogP contribution >= 0.6 is 0 Å². The number of hydrogen-bond acceptors (Lipinski definition) is 4. The number of unbranched alkanes of at least 4 members (excludes halogenated alkanes) is 3. The molecule has 1 aliphatic heterocycles. The van der Waals surface area contributed by atoms with Crippen LogP contribution in [0.25, 0.3) is 0 Å². The van der Waals surface area contributed by atoms with Crippen molar-refractivity contribution in [3.05, 3.63) is 12.2 Å². The Balaban J connectivity index is 2.72. The summed E-state index contributed by atoms with van der Waals surface area (Å²) in [6, 6.07) is -0.128. The minimum absolute atomic E-state index is 0.128. The Bertz CT molecular complexity index is 549. The Morgan fingerprint density at radius 1 is 1.06 bits per heavy atom. The van der Waals surface area contributed by atoms with Crippen molar-refractivity contribution in [1.29, 1.82) is 0 Å². The van der Waals surface area contributed by atoms with Crippen molar-refractivity contribution in [1.82, 2.24) is 4.90 Å². The summed E-state index contributed by atoms with van der Waals surface area (Å²) in [6.07, 6.45) is 11.7. The van der Waals surface area contributed by atoms with Gasteiger partial charge in [-0.25, -0.2) is 0 Å². The van der Waals surface area contributed by atoms with Crippen LogP contribution in [-0.4, -0.2) is 64.6 Å². The molecule has 0 bridgehead atoms. The van der Waals surface area contributed by atoms with E-state index in [1.165, 1.54) is 51.8 Å². The van der Waals surface area contributed by atoms with Crippen molar-refractivity contribution < 1.29 is 19.0 Å². The van der Waals surface area contributed by atoms with Gasteiger partial charge in [-0.3, -0.25) is 0 Å². The average Bonchev–Trinajstić information content (AvgIpc) is 3.01. The molecule has 6 heteroatoms. The first kappa shape index (κ1) is 29.8. The van der Waals surface area contributed by atoms with Crippen molar-refractivity contribution in [3.8, 4) is 0 Å². The predicted molar refractivity (Wildman–Crippen MR) is 137 cm³/mol. The number of carbonyl (C=O) groups is 1. The predicted octanol–water partition coefficient (Wildman–Crippen LogP) is 7.32. The monoisotopic (exact) mass is 561 g/mol. The van der Waals surface area contributed by atoms with Crippen LogP contribution in [0.1, 0.15) is 93.9 Å². The fourth-order valence-corrected chi connectivity index (χ4v) is 18.8. The summed E-state index contributed by atoms with van der Waals surface area (Å²) in [7, 11) is 0. The summed E-state index contributed by atoms with van der Waals surface area (Å²) in [5, 5.41) is 0. The van der Waals surface area contributed by atoms with Crippen molar-refractivity contribution in [2.75, 3.05) is 17.8 Å². The zero-order chi connectivity index (χ0) is 24.3. The fraction of sp³-hybridized carbons (Fsp3) is 0.885. The molecule has 1 aliphatic rings. The molecule has 1 saturated heterocycles. The summed E-state index contributed by atoms with van der Waals surface area (Å²) in [5.74, 6) is 0. The number of hydrogen-bond donors (Lipinski definition) is 0. The van der Waals surface area contributed by atoms with Crippen molar-refractivity contribution in [3.63, 3.8) is 0 Å². The quantitative estimate of drug-likeness (QED) is 0.127. The number of amides is 1. The molecule has 5 nitrogen and oxygen atoms in total. The minimum atomic E-state index is -2.25. The van der Waals surface area contributed by atoms with Crippen LogP contribution in [-0.2, 0) is 14.2 Å². The SMILES string of the molecule is CCC[CH2][Sn]([CH2]CCC)([CH2]CCC)[CH2]OC/C=C/C1COC(C)(C)N1C(=O)OC(C)(C)C. The molecule has 0 N–H and O–H groups in total. The van der Waals surface area contributed by atoms with E-state index >= 15 is 0 Å². The molecule has 1 atom stereocenters. The van der Waals surface area contributed by atoms with Crippen molar-refractivity contribution in [2.24, 2.45) is 0 Å². The topological polar surface area (TPSA) is 48.0 Å². The molecule has 0 saturated carbocycles. The Morgan fingerprint density at radius 3 is 2.06 bits per heavy atom. The van der Waals surface area contributed by atoms with E-state index < -0.39 is 29.7 Å². The molecule has 0 aliphatic carbocycles. The van der Waals surface area contributed by atoms with Crippen LogP contribution in [0, 0.1) is 0 Å². The van der Waals surface area contributed by atoms with Gasteiger partial charge in [0.15, 0.2) is 0 Å². The molecular weight excluding hydrogens is 509 g/mol. The van der Waals surface area contributed by atoms with E-state index in [0.717, 1.165) is 4.62 Å². The molecule has 0 radical (unpaired) electrons. The van der Waals surface area contributed by atoms with Gasteiger partial charge in [0.05, 0.1) is 0 Å². The zero-order valence-corrected chi connectivity index (χ0v) is 25.2. The molecule has 0 aromatic carbocycles. The molecule has 1 amide bonds. The van der Waals surface area contributed by atoms with Gasteiger partial charge < -0.3 is 0 Å². The van der Waals surface area contributed by atoms with E-state index in [1.807, 2.05) is 34.6 Å². The molecule has 1 rings (SSSR count). The molecule has 1 heterocycles. The first-order chi connectivity index (χ1) is 15.0. The standard InChI is InChI=1S/C14H24NO4.3C4H9.Sn/c1-13(2,3)19-12(16)15-11(8-7-9-17-6)10-18-14(15,4)5;3*1-3-4-2;/h7-8,11H,6,9-10H2,1-5H3;3*1,3-4H2,2H3;/b8-7+;;;;. The van der Waals surface area contributed by atoms with Crippen molar-refractivity contribution >= 4 is 24.5 Å². The number of nitrogens with zero attached hydrogens (tertiary/aromatic N) is 1. The second-order valence-corrected chi connectivity index (χ2v) is 24.6. The molecular formula is C26H51NO4Sn. The Hall–Kier alpha value is -0.271. The molecule has 0 spiro atoms. The molecule has 1 fully saturated rings. The Kier molecular flexibility index (Phi) is 13.2. The number of rotatable bonds is 14. The van der Waals surface area contributed by atoms with Gasteiger partial charge in [-0.1, -0.05) is 0 Å². The van der Waals surface area contributed by atoms with E-state index in [-0.39, 0.29) is 12.1 Å². The van der Waals surface area contributed by atoms with Gasteiger partial charge in [0.1, 0.15) is 0 Å². The van der Waals surface area contributed by atoms with Gasteiger partial charge in [-0.15, -0.1) is 0 Å². The van der Waals surface area contributed by atoms with E-state index in [4.69, 9.17) is 14.2 Å². The Labute approximate surface area is 202 Å². The van der Waals surface area contributed by atoms with Crippen LogP contribution in [0.2, 0.25) is 13.3 Å². The third-order valence-electron chi connectivity index (χ3n) is 6.27. The van der Waals surface area contributed by atoms with E-state index in [2.05, 4.69) is 32.9 Å². The number of ether oxygens (including phenoxy) is 3. The van der Waals surface area contributed by atoms with Crippen molar-refractivity contribution in [2.45, 2.75) is 125 Å². The third-order valence-corrected chi connectivity index (χ3v) is 20.7. The van der Waals surface area contributed by atoms with Gasteiger partial charge in [0, 0.05) is 0 Å². The first-order valence-electron chi connectivity index (χ1n) is 12.9. The Morgan fingerprint density at radius 2 is 1.59 bits per heavy atom. The zero-order valence-electron chi connectivity index (χ0n) is 22.3. The summed E-state index contributed by atoms with van der Waals surface area (Å²) < 4.78 is 23.2. The molecule has 1 unspecified atom stereocenters. The summed E-state index contributed by atoms with van der Waals surface area (Å²) >= 11 is -2.25. The maximum absolute atomic E-state index is 12.8. The molecule has 32 heavy (non-hydrogen) atoms. The second kappa shape index (κ2) is 14.2. The molecule has 0 aromatic heterocycles. The third kappa shape index (κ3) is 10.3. The fourth-order valence-electron chi connectivity index (χ4n) is 4.44. The summed E-state index contributed by atoms with van der Waals surface area (Å²) in [4.78, 5) is 14.5. The van der Waals surface area contributed by atoms with Gasteiger partial charge in [0.25, 0.3) is 0 Å².